The highest BCUT2D eigenvalue weighted by Gasteiger charge is 2.09. The lowest BCUT2D eigenvalue weighted by molar-refractivity contribution is -0.124. The molecule has 0 saturated heterocycles. The fourth-order valence-corrected chi connectivity index (χ4v) is 2.88. The summed E-state index contributed by atoms with van der Waals surface area (Å²) in [5.74, 6) is -0.549. The van der Waals surface area contributed by atoms with E-state index in [2.05, 4.69) is 15.8 Å². The van der Waals surface area contributed by atoms with Gasteiger partial charge in [0.15, 0.2) is 0 Å². The lowest BCUT2D eigenvalue weighted by Gasteiger charge is -2.09. The van der Waals surface area contributed by atoms with E-state index in [1.165, 1.54) is 0 Å². The molecule has 1 aromatic carbocycles. The molecule has 0 saturated carbocycles. The minimum absolute atomic E-state index is 0.0617. The van der Waals surface area contributed by atoms with E-state index in [4.69, 9.17) is 11.6 Å². The average molecular weight is 364 g/mol. The highest BCUT2D eigenvalue weighted by molar-refractivity contribution is 7.11. The lowest BCUT2D eigenvalue weighted by Crippen LogP contribution is -2.20. The Hall–Kier alpha value is -2.18. The number of nitrogens with zero attached hydrogens (tertiary/aromatic N) is 1. The summed E-state index contributed by atoms with van der Waals surface area (Å²) < 4.78 is 0. The second-order valence-electron chi connectivity index (χ2n) is 5.22. The highest BCUT2D eigenvalue weighted by Crippen LogP contribution is 2.23. The molecular formula is C17H18ClN3O2S. The molecule has 5 nitrogen and oxygen atoms in total. The third kappa shape index (κ3) is 5.18. The molecule has 1 aromatic heterocycles. The van der Waals surface area contributed by atoms with Gasteiger partial charge in [-0.05, 0) is 48.6 Å². The van der Waals surface area contributed by atoms with Gasteiger partial charge < -0.3 is 5.32 Å². The Balaban J connectivity index is 1.77. The number of thiophene rings is 1. The maximum absolute atomic E-state index is 11.9. The number of halogens is 1. The first kappa shape index (κ1) is 18.2. The summed E-state index contributed by atoms with van der Waals surface area (Å²) in [6.45, 7) is 3.80. The second-order valence-corrected chi connectivity index (χ2v) is 6.58. The number of carbonyl (C=O) groups is 2. The molecule has 7 heteroatoms. The summed E-state index contributed by atoms with van der Waals surface area (Å²) in [6, 6.07) is 7.27. The van der Waals surface area contributed by atoms with Crippen molar-refractivity contribution in [3.63, 3.8) is 0 Å². The van der Waals surface area contributed by atoms with Gasteiger partial charge in [-0.3, -0.25) is 9.59 Å². The van der Waals surface area contributed by atoms with Crippen LogP contribution in [-0.4, -0.2) is 18.0 Å². The van der Waals surface area contributed by atoms with Crippen LogP contribution in [0.25, 0.3) is 0 Å². The highest BCUT2D eigenvalue weighted by atomic mass is 35.5. The molecule has 24 heavy (non-hydrogen) atoms. The largest absolute Gasteiger partial charge is 0.326 e. The second kappa shape index (κ2) is 8.61. The first-order chi connectivity index (χ1) is 11.5. The Kier molecular flexibility index (Phi) is 6.52. The maximum atomic E-state index is 11.9. The van der Waals surface area contributed by atoms with Crippen molar-refractivity contribution in [3.8, 4) is 0 Å². The fourth-order valence-electron chi connectivity index (χ4n) is 1.92. The molecule has 0 atom stereocenters. The summed E-state index contributed by atoms with van der Waals surface area (Å²) in [7, 11) is 0. The molecule has 0 bridgehead atoms. The average Bonchev–Trinajstić information content (AvgIpc) is 2.95. The van der Waals surface area contributed by atoms with Gasteiger partial charge in [-0.1, -0.05) is 17.7 Å². The van der Waals surface area contributed by atoms with E-state index in [1.807, 2.05) is 25.3 Å². The van der Waals surface area contributed by atoms with Crippen LogP contribution in [0.15, 0.2) is 34.7 Å². The van der Waals surface area contributed by atoms with Crippen LogP contribution < -0.4 is 10.7 Å². The van der Waals surface area contributed by atoms with Gasteiger partial charge in [0.2, 0.25) is 11.8 Å². The molecule has 0 radical (unpaired) electrons. The van der Waals surface area contributed by atoms with E-state index in [0.717, 1.165) is 16.0 Å². The van der Waals surface area contributed by atoms with Crippen molar-refractivity contribution >= 4 is 46.7 Å². The summed E-state index contributed by atoms with van der Waals surface area (Å²) in [4.78, 5) is 24.6. The number of rotatable bonds is 6. The number of amides is 2. The van der Waals surface area contributed by atoms with E-state index in [0.29, 0.717) is 10.7 Å². The van der Waals surface area contributed by atoms with Crippen molar-refractivity contribution in [2.45, 2.75) is 26.7 Å². The third-order valence-corrected chi connectivity index (χ3v) is 4.76. The predicted molar refractivity (Wildman–Crippen MR) is 98.8 cm³/mol. The van der Waals surface area contributed by atoms with E-state index in [1.54, 1.807) is 35.8 Å². The molecule has 2 aromatic rings. The van der Waals surface area contributed by atoms with Crippen LogP contribution in [0.3, 0.4) is 0 Å². The lowest BCUT2D eigenvalue weighted by atomic mass is 10.2. The number of carbonyl (C=O) groups excluding carboxylic acids is 2. The first-order valence-electron chi connectivity index (χ1n) is 7.38. The Bertz CT molecular complexity index is 771. The van der Waals surface area contributed by atoms with Crippen molar-refractivity contribution < 1.29 is 9.59 Å². The number of anilines is 1. The molecule has 2 amide bonds. The van der Waals surface area contributed by atoms with Gasteiger partial charge in [-0.25, -0.2) is 5.43 Å². The summed E-state index contributed by atoms with van der Waals surface area (Å²) in [5, 5.41) is 9.20. The minimum atomic E-state index is -0.307. The molecule has 2 N–H and O–H groups in total. The summed E-state index contributed by atoms with van der Waals surface area (Å²) in [5.41, 5.74) is 4.98. The normalized spacial score (nSPS) is 10.8. The number of hydrogen-bond donors (Lipinski definition) is 2. The monoisotopic (exact) mass is 363 g/mol. The molecule has 0 aliphatic rings. The van der Waals surface area contributed by atoms with Gasteiger partial charge in [-0.15, -0.1) is 11.3 Å². The fraction of sp³-hybridized carbons (Fsp3) is 0.235. The van der Waals surface area contributed by atoms with Crippen molar-refractivity contribution in [1.82, 2.24) is 5.43 Å². The molecule has 0 fully saturated rings. The van der Waals surface area contributed by atoms with Crippen molar-refractivity contribution in [1.29, 1.82) is 0 Å². The smallest absolute Gasteiger partial charge is 0.240 e. The number of benzene rings is 1. The molecular weight excluding hydrogens is 346 g/mol. The van der Waals surface area contributed by atoms with Crippen LogP contribution in [0.5, 0.6) is 0 Å². The van der Waals surface area contributed by atoms with Crippen LogP contribution >= 0.6 is 22.9 Å². The molecule has 0 aliphatic carbocycles. The first-order valence-corrected chi connectivity index (χ1v) is 8.64. The summed E-state index contributed by atoms with van der Waals surface area (Å²) in [6.07, 6.45) is 1.74. The van der Waals surface area contributed by atoms with Crippen LogP contribution in [0.2, 0.25) is 5.02 Å². The van der Waals surface area contributed by atoms with E-state index >= 15 is 0 Å². The molecule has 0 unspecified atom stereocenters. The quantitative estimate of drug-likeness (QED) is 0.603. The Morgan fingerprint density at radius 2 is 1.96 bits per heavy atom. The van der Waals surface area contributed by atoms with Gasteiger partial charge in [0.25, 0.3) is 0 Å². The third-order valence-electron chi connectivity index (χ3n) is 3.39. The van der Waals surface area contributed by atoms with Crippen LogP contribution in [0, 0.1) is 13.8 Å². The van der Waals surface area contributed by atoms with Crippen molar-refractivity contribution in [2.24, 2.45) is 5.10 Å². The Labute approximate surface area is 149 Å². The van der Waals surface area contributed by atoms with Crippen molar-refractivity contribution in [2.75, 3.05) is 5.32 Å². The van der Waals surface area contributed by atoms with Crippen molar-refractivity contribution in [3.05, 3.63) is 50.7 Å². The van der Waals surface area contributed by atoms with E-state index < -0.39 is 0 Å². The molecule has 126 valence electrons. The van der Waals surface area contributed by atoms with Gasteiger partial charge in [-0.2, -0.15) is 5.10 Å². The maximum Gasteiger partial charge on any atom is 0.240 e. The zero-order chi connectivity index (χ0) is 17.5. The van der Waals surface area contributed by atoms with Crippen LogP contribution in [0.1, 0.15) is 28.8 Å². The standard InChI is InChI=1S/C17H18ClN3O2S/c1-11-8-9-24-15(11)10-19-21-17(23)7-6-16(22)20-14-5-3-4-13(18)12(14)2/h3-5,8-10H,6-7H2,1-2H3,(H,20,22)(H,21,23). The minimum Gasteiger partial charge on any atom is -0.326 e. The Morgan fingerprint density at radius 1 is 1.21 bits per heavy atom. The topological polar surface area (TPSA) is 70.6 Å². The molecule has 0 spiro atoms. The number of hydrazone groups is 1. The molecule has 0 aliphatic heterocycles. The van der Waals surface area contributed by atoms with Gasteiger partial charge >= 0.3 is 0 Å². The van der Waals surface area contributed by atoms with E-state index in [9.17, 15) is 9.59 Å². The number of hydrogen-bond acceptors (Lipinski definition) is 4. The number of aryl methyl sites for hydroxylation is 1. The van der Waals surface area contributed by atoms with Crippen LogP contribution in [-0.2, 0) is 9.59 Å². The Morgan fingerprint density at radius 3 is 2.67 bits per heavy atom. The SMILES string of the molecule is Cc1ccsc1C=NNC(=O)CCC(=O)Nc1cccc(Cl)c1C. The molecule has 1 heterocycles. The van der Waals surface area contributed by atoms with Gasteiger partial charge in [0, 0.05) is 28.4 Å². The van der Waals surface area contributed by atoms with Crippen LogP contribution in [0.4, 0.5) is 5.69 Å². The predicted octanol–water partition coefficient (Wildman–Crippen LogP) is 3.89. The summed E-state index contributed by atoms with van der Waals surface area (Å²) >= 11 is 7.55. The van der Waals surface area contributed by atoms with E-state index in [-0.39, 0.29) is 24.7 Å². The molecule has 2 rings (SSSR count). The van der Waals surface area contributed by atoms with Gasteiger partial charge in [0.1, 0.15) is 0 Å². The van der Waals surface area contributed by atoms with Gasteiger partial charge in [0.05, 0.1) is 6.21 Å². The zero-order valence-corrected chi connectivity index (χ0v) is 15.0. The number of nitrogens with one attached hydrogen (secondary N) is 2. The zero-order valence-electron chi connectivity index (χ0n) is 13.4.